The van der Waals surface area contributed by atoms with Crippen LogP contribution in [0.2, 0.25) is 0 Å². The van der Waals surface area contributed by atoms with Gasteiger partial charge in [0.25, 0.3) is 0 Å². The van der Waals surface area contributed by atoms with Crippen LogP contribution in [0, 0.1) is 0 Å². The third kappa shape index (κ3) is 2.69. The molecule has 0 aliphatic heterocycles. The molecule has 16 heavy (non-hydrogen) atoms. The van der Waals surface area contributed by atoms with E-state index >= 15 is 0 Å². The summed E-state index contributed by atoms with van der Waals surface area (Å²) in [6.07, 6.45) is 0.562. The predicted molar refractivity (Wildman–Crippen MR) is 66.8 cm³/mol. The highest BCUT2D eigenvalue weighted by Crippen LogP contribution is 2.12. The second-order valence-electron chi connectivity index (χ2n) is 3.93. The van der Waals surface area contributed by atoms with Crippen molar-refractivity contribution in [2.75, 3.05) is 0 Å². The molecule has 0 aliphatic rings. The van der Waals surface area contributed by atoms with Gasteiger partial charge in [-0.2, -0.15) is 0 Å². The molecule has 2 heteroatoms. The van der Waals surface area contributed by atoms with Gasteiger partial charge in [0.2, 0.25) is 0 Å². The Labute approximate surface area is 95.9 Å². The molecule has 0 unspecified atom stereocenters. The lowest BCUT2D eigenvalue weighted by Crippen LogP contribution is -2.19. The van der Waals surface area contributed by atoms with Crippen LogP contribution in [0.3, 0.4) is 0 Å². The third-order valence-electron chi connectivity index (χ3n) is 2.62. The van der Waals surface area contributed by atoms with Crippen LogP contribution in [0.5, 0.6) is 0 Å². The van der Waals surface area contributed by atoms with Crippen molar-refractivity contribution < 1.29 is 0 Å². The number of benzene rings is 2. The first-order valence-corrected chi connectivity index (χ1v) is 5.39. The summed E-state index contributed by atoms with van der Waals surface area (Å²) in [6.45, 7) is 0. The predicted octanol–water partition coefficient (Wildman–Crippen LogP) is 2.19. The van der Waals surface area contributed by atoms with E-state index in [1.807, 2.05) is 18.2 Å². The minimum Gasteiger partial charge on any atom is -0.312 e. The highest BCUT2D eigenvalue weighted by atomic mass is 14.8. The van der Waals surface area contributed by atoms with Gasteiger partial charge < -0.3 is 11.5 Å². The first kappa shape index (κ1) is 10.9. The Morgan fingerprint density at radius 3 is 1.88 bits per heavy atom. The van der Waals surface area contributed by atoms with Crippen molar-refractivity contribution in [3.63, 3.8) is 0 Å². The van der Waals surface area contributed by atoms with Crippen LogP contribution in [-0.2, 0) is 6.42 Å². The normalized spacial score (nSPS) is 10.7. The lowest BCUT2D eigenvalue weighted by molar-refractivity contribution is 0.773. The molecule has 82 valence electrons. The van der Waals surface area contributed by atoms with Gasteiger partial charge in [0, 0.05) is 0 Å². The molecular weight excluding hydrogens is 196 g/mol. The standard InChI is InChI=1S/C14H16N2/c15-14(16)13-8-6-12(7-9-13)10-11-4-2-1-3-5-11/h1-9,14H,10,15-16H2. The molecule has 0 aliphatic carbocycles. The Morgan fingerprint density at radius 1 is 0.750 bits per heavy atom. The Bertz CT molecular complexity index is 432. The molecule has 0 saturated heterocycles. The molecule has 0 atom stereocenters. The molecular formula is C14H16N2. The fourth-order valence-corrected chi connectivity index (χ4v) is 1.69. The van der Waals surface area contributed by atoms with Crippen molar-refractivity contribution >= 4 is 0 Å². The Hall–Kier alpha value is -1.64. The maximum Gasteiger partial charge on any atom is 0.0784 e. The van der Waals surface area contributed by atoms with Crippen LogP contribution >= 0.6 is 0 Å². The van der Waals surface area contributed by atoms with Crippen LogP contribution in [-0.4, -0.2) is 0 Å². The van der Waals surface area contributed by atoms with Crippen LogP contribution in [0.4, 0.5) is 0 Å². The summed E-state index contributed by atoms with van der Waals surface area (Å²) in [6, 6.07) is 18.5. The van der Waals surface area contributed by atoms with Gasteiger partial charge in [0.1, 0.15) is 0 Å². The van der Waals surface area contributed by atoms with Gasteiger partial charge in [-0.25, -0.2) is 0 Å². The fourth-order valence-electron chi connectivity index (χ4n) is 1.69. The molecule has 0 aromatic heterocycles. The second kappa shape index (κ2) is 4.92. The summed E-state index contributed by atoms with van der Waals surface area (Å²) in [5.74, 6) is 0. The van der Waals surface area contributed by atoms with E-state index in [9.17, 15) is 0 Å². The molecule has 4 N–H and O–H groups in total. The summed E-state index contributed by atoms with van der Waals surface area (Å²) >= 11 is 0. The van der Waals surface area contributed by atoms with Crippen molar-refractivity contribution in [2.45, 2.75) is 12.6 Å². The molecule has 0 amide bonds. The Kier molecular flexibility index (Phi) is 3.34. The molecule has 0 spiro atoms. The van der Waals surface area contributed by atoms with Gasteiger partial charge in [0.05, 0.1) is 6.17 Å². The van der Waals surface area contributed by atoms with E-state index in [0.29, 0.717) is 0 Å². The molecule has 2 nitrogen and oxygen atoms in total. The van der Waals surface area contributed by atoms with Crippen LogP contribution < -0.4 is 11.5 Å². The zero-order valence-electron chi connectivity index (χ0n) is 9.14. The summed E-state index contributed by atoms with van der Waals surface area (Å²) in [5.41, 5.74) is 14.7. The number of hydrogen-bond acceptors (Lipinski definition) is 2. The average molecular weight is 212 g/mol. The van der Waals surface area contributed by atoms with Gasteiger partial charge in [-0.1, -0.05) is 54.6 Å². The highest BCUT2D eigenvalue weighted by molar-refractivity contribution is 5.29. The van der Waals surface area contributed by atoms with Crippen molar-refractivity contribution in [3.05, 3.63) is 71.3 Å². The quantitative estimate of drug-likeness (QED) is 0.766. The SMILES string of the molecule is NC(N)c1ccc(Cc2ccccc2)cc1. The smallest absolute Gasteiger partial charge is 0.0784 e. The monoisotopic (exact) mass is 212 g/mol. The highest BCUT2D eigenvalue weighted by Gasteiger charge is 1.99. The molecule has 0 heterocycles. The number of hydrogen-bond donors (Lipinski definition) is 2. The van der Waals surface area contributed by atoms with Crippen LogP contribution in [0.1, 0.15) is 22.9 Å². The Morgan fingerprint density at radius 2 is 1.31 bits per heavy atom. The third-order valence-corrected chi connectivity index (χ3v) is 2.62. The van der Waals surface area contributed by atoms with E-state index in [1.165, 1.54) is 11.1 Å². The second-order valence-corrected chi connectivity index (χ2v) is 3.93. The van der Waals surface area contributed by atoms with E-state index in [4.69, 9.17) is 11.5 Å². The van der Waals surface area contributed by atoms with E-state index in [0.717, 1.165) is 12.0 Å². The van der Waals surface area contributed by atoms with Crippen molar-refractivity contribution in [1.82, 2.24) is 0 Å². The fraction of sp³-hybridized carbons (Fsp3) is 0.143. The lowest BCUT2D eigenvalue weighted by Gasteiger charge is -2.07. The molecule has 0 saturated carbocycles. The van der Waals surface area contributed by atoms with Gasteiger partial charge in [-0.15, -0.1) is 0 Å². The largest absolute Gasteiger partial charge is 0.312 e. The van der Waals surface area contributed by atoms with Crippen molar-refractivity contribution in [1.29, 1.82) is 0 Å². The Balaban J connectivity index is 2.11. The van der Waals surface area contributed by atoms with Crippen LogP contribution in [0.15, 0.2) is 54.6 Å². The summed E-state index contributed by atoms with van der Waals surface area (Å²) in [5, 5.41) is 0. The molecule has 0 fully saturated rings. The number of rotatable bonds is 3. The first-order valence-electron chi connectivity index (χ1n) is 5.39. The van der Waals surface area contributed by atoms with Gasteiger partial charge in [-0.3, -0.25) is 0 Å². The van der Waals surface area contributed by atoms with Gasteiger partial charge in [0.15, 0.2) is 0 Å². The summed E-state index contributed by atoms with van der Waals surface area (Å²) < 4.78 is 0. The van der Waals surface area contributed by atoms with E-state index in [-0.39, 0.29) is 6.17 Å². The summed E-state index contributed by atoms with van der Waals surface area (Å²) in [4.78, 5) is 0. The molecule has 0 radical (unpaired) electrons. The molecule has 2 aromatic carbocycles. The van der Waals surface area contributed by atoms with Gasteiger partial charge in [-0.05, 0) is 23.1 Å². The van der Waals surface area contributed by atoms with E-state index in [1.54, 1.807) is 0 Å². The van der Waals surface area contributed by atoms with Crippen molar-refractivity contribution in [2.24, 2.45) is 11.5 Å². The molecule has 2 rings (SSSR count). The van der Waals surface area contributed by atoms with Crippen molar-refractivity contribution in [3.8, 4) is 0 Å². The minimum absolute atomic E-state index is 0.384. The maximum absolute atomic E-state index is 5.59. The zero-order valence-corrected chi connectivity index (χ0v) is 9.14. The molecule has 2 aromatic rings. The maximum atomic E-state index is 5.59. The minimum atomic E-state index is -0.384. The van der Waals surface area contributed by atoms with E-state index in [2.05, 4.69) is 36.4 Å². The van der Waals surface area contributed by atoms with Crippen LogP contribution in [0.25, 0.3) is 0 Å². The number of nitrogens with two attached hydrogens (primary N) is 2. The topological polar surface area (TPSA) is 52.0 Å². The summed E-state index contributed by atoms with van der Waals surface area (Å²) in [7, 11) is 0. The molecule has 0 bridgehead atoms. The first-order chi connectivity index (χ1) is 7.75. The zero-order chi connectivity index (χ0) is 11.4. The van der Waals surface area contributed by atoms with E-state index < -0.39 is 0 Å². The lowest BCUT2D eigenvalue weighted by atomic mass is 10.0. The average Bonchev–Trinajstić information content (AvgIpc) is 2.31. The van der Waals surface area contributed by atoms with Gasteiger partial charge >= 0.3 is 0 Å².